The number of nitrogens with zero attached hydrogens (tertiary/aromatic N) is 2. The van der Waals surface area contributed by atoms with Gasteiger partial charge in [-0.15, -0.1) is 0 Å². The molecule has 3 N–H and O–H groups in total. The number of nitro benzene ring substituents is 1. The van der Waals surface area contributed by atoms with Crippen LogP contribution in [0.1, 0.15) is 16.8 Å². The molecule has 0 unspecified atom stereocenters. The molecule has 8 nitrogen and oxygen atoms in total. The lowest BCUT2D eigenvalue weighted by Crippen LogP contribution is -2.10. The van der Waals surface area contributed by atoms with Crippen LogP contribution < -0.4 is 10.6 Å². The Bertz CT molecular complexity index is 1410. The van der Waals surface area contributed by atoms with E-state index >= 15 is 0 Å². The highest BCUT2D eigenvalue weighted by Gasteiger charge is 2.30. The van der Waals surface area contributed by atoms with Crippen LogP contribution in [-0.2, 0) is 4.79 Å². The largest absolute Gasteiger partial charge is 0.354 e. The standard InChI is InChI=1S/C25H19N5O3/c1-15-23(27-14-26-15)17-7-9-18(10-8-17)28-24(16-5-3-2-4-6-16)22-20-13-19(30(32)33)11-12-21(20)29-25(22)31/h2-14,28H,1H3,(H,26,27)(H,29,31). The molecule has 0 saturated heterocycles. The van der Waals surface area contributed by atoms with Gasteiger partial charge < -0.3 is 15.6 Å². The molecule has 2 heterocycles. The van der Waals surface area contributed by atoms with Crippen LogP contribution in [-0.4, -0.2) is 20.8 Å². The van der Waals surface area contributed by atoms with Gasteiger partial charge in [0.25, 0.3) is 11.6 Å². The van der Waals surface area contributed by atoms with Crippen molar-refractivity contribution in [2.24, 2.45) is 0 Å². The molecule has 5 rings (SSSR count). The number of aryl methyl sites for hydroxylation is 1. The Morgan fingerprint density at radius 3 is 2.45 bits per heavy atom. The van der Waals surface area contributed by atoms with E-state index in [0.717, 1.165) is 28.2 Å². The maximum absolute atomic E-state index is 13.0. The number of carbonyl (C=O) groups is 1. The number of nitrogens with one attached hydrogen (secondary N) is 3. The third kappa shape index (κ3) is 3.74. The summed E-state index contributed by atoms with van der Waals surface area (Å²) >= 11 is 0. The summed E-state index contributed by atoms with van der Waals surface area (Å²) in [7, 11) is 0. The van der Waals surface area contributed by atoms with Crippen LogP contribution in [0.5, 0.6) is 0 Å². The van der Waals surface area contributed by atoms with Crippen molar-refractivity contribution in [1.29, 1.82) is 0 Å². The van der Waals surface area contributed by atoms with Crippen molar-refractivity contribution in [2.75, 3.05) is 10.6 Å². The summed E-state index contributed by atoms with van der Waals surface area (Å²) in [4.78, 5) is 31.3. The second kappa shape index (κ2) is 8.08. The van der Waals surface area contributed by atoms with Crippen LogP contribution in [0.25, 0.3) is 22.5 Å². The minimum atomic E-state index is -0.466. The number of imidazole rings is 1. The molecule has 0 atom stereocenters. The first kappa shape index (κ1) is 20.2. The first-order chi connectivity index (χ1) is 16.0. The van der Waals surface area contributed by atoms with Crippen molar-refractivity contribution in [3.63, 3.8) is 0 Å². The van der Waals surface area contributed by atoms with Crippen LogP contribution in [0, 0.1) is 17.0 Å². The number of amides is 1. The van der Waals surface area contributed by atoms with Gasteiger partial charge in [-0.05, 0) is 30.7 Å². The van der Waals surface area contributed by atoms with Gasteiger partial charge in [-0.3, -0.25) is 14.9 Å². The Labute approximate surface area is 189 Å². The Kier molecular flexibility index (Phi) is 4.95. The number of benzene rings is 3. The number of non-ortho nitro benzene ring substituents is 1. The molecule has 0 saturated carbocycles. The molecule has 1 aromatic heterocycles. The highest BCUT2D eigenvalue weighted by Crippen LogP contribution is 2.39. The summed E-state index contributed by atoms with van der Waals surface area (Å²) in [6.07, 6.45) is 1.66. The number of fused-ring (bicyclic) bond motifs is 1. The van der Waals surface area contributed by atoms with Crippen molar-refractivity contribution in [1.82, 2.24) is 9.97 Å². The van der Waals surface area contributed by atoms with Crippen molar-refractivity contribution in [3.8, 4) is 11.3 Å². The van der Waals surface area contributed by atoms with E-state index in [-0.39, 0.29) is 11.6 Å². The Morgan fingerprint density at radius 1 is 1.03 bits per heavy atom. The summed E-state index contributed by atoms with van der Waals surface area (Å²) in [6, 6.07) is 21.5. The summed E-state index contributed by atoms with van der Waals surface area (Å²) in [5.41, 5.74) is 6.25. The van der Waals surface area contributed by atoms with E-state index in [1.54, 1.807) is 12.4 Å². The molecule has 1 aliphatic heterocycles. The number of H-pyrrole nitrogens is 1. The zero-order valence-electron chi connectivity index (χ0n) is 17.6. The number of nitro groups is 1. The lowest BCUT2D eigenvalue weighted by atomic mass is 9.99. The molecule has 0 aliphatic carbocycles. The Morgan fingerprint density at radius 2 is 1.79 bits per heavy atom. The molecule has 162 valence electrons. The third-order valence-electron chi connectivity index (χ3n) is 5.53. The van der Waals surface area contributed by atoms with Crippen molar-refractivity contribution in [2.45, 2.75) is 6.92 Å². The summed E-state index contributed by atoms with van der Waals surface area (Å²) in [6.45, 7) is 1.96. The van der Waals surface area contributed by atoms with E-state index in [4.69, 9.17) is 0 Å². The van der Waals surface area contributed by atoms with E-state index in [9.17, 15) is 14.9 Å². The van der Waals surface area contributed by atoms with Gasteiger partial charge in [0, 0.05) is 40.3 Å². The van der Waals surface area contributed by atoms with Gasteiger partial charge in [-0.2, -0.15) is 0 Å². The molecule has 3 aromatic carbocycles. The van der Waals surface area contributed by atoms with E-state index < -0.39 is 4.92 Å². The van der Waals surface area contributed by atoms with Crippen molar-refractivity contribution in [3.05, 3.63) is 106 Å². The predicted octanol–water partition coefficient (Wildman–Crippen LogP) is 5.23. The van der Waals surface area contributed by atoms with Gasteiger partial charge in [0.05, 0.1) is 28.2 Å². The van der Waals surface area contributed by atoms with E-state index in [2.05, 4.69) is 20.6 Å². The van der Waals surface area contributed by atoms with Gasteiger partial charge in [0.15, 0.2) is 0 Å². The zero-order valence-corrected chi connectivity index (χ0v) is 17.6. The van der Waals surface area contributed by atoms with Crippen LogP contribution in [0.3, 0.4) is 0 Å². The summed E-state index contributed by atoms with van der Waals surface area (Å²) in [5.74, 6) is -0.319. The number of hydrogen-bond donors (Lipinski definition) is 3. The molecular formula is C25H19N5O3. The highest BCUT2D eigenvalue weighted by atomic mass is 16.6. The average molecular weight is 437 g/mol. The molecule has 33 heavy (non-hydrogen) atoms. The number of carbonyl (C=O) groups excluding carboxylic acids is 1. The monoisotopic (exact) mass is 437 g/mol. The average Bonchev–Trinajstić information content (AvgIpc) is 3.40. The van der Waals surface area contributed by atoms with Crippen LogP contribution in [0.2, 0.25) is 0 Å². The first-order valence-electron chi connectivity index (χ1n) is 10.3. The summed E-state index contributed by atoms with van der Waals surface area (Å²) in [5, 5.41) is 17.5. The van der Waals surface area contributed by atoms with Crippen molar-refractivity contribution < 1.29 is 9.72 Å². The highest BCUT2D eigenvalue weighted by molar-refractivity contribution is 6.37. The molecule has 0 spiro atoms. The number of rotatable bonds is 5. The van der Waals surface area contributed by atoms with E-state index in [1.807, 2.05) is 61.5 Å². The van der Waals surface area contributed by atoms with E-state index in [0.29, 0.717) is 22.5 Å². The van der Waals surface area contributed by atoms with Crippen LogP contribution in [0.15, 0.2) is 79.1 Å². The number of aromatic nitrogens is 2. The minimum absolute atomic E-state index is 0.0751. The van der Waals surface area contributed by atoms with Gasteiger partial charge in [0.1, 0.15) is 0 Å². The number of anilines is 2. The molecule has 1 amide bonds. The smallest absolute Gasteiger partial charge is 0.270 e. The topological polar surface area (TPSA) is 113 Å². The van der Waals surface area contributed by atoms with Gasteiger partial charge in [-0.1, -0.05) is 42.5 Å². The van der Waals surface area contributed by atoms with Crippen LogP contribution >= 0.6 is 0 Å². The summed E-state index contributed by atoms with van der Waals surface area (Å²) < 4.78 is 0. The third-order valence-corrected chi connectivity index (χ3v) is 5.53. The second-order valence-corrected chi connectivity index (χ2v) is 7.64. The lowest BCUT2D eigenvalue weighted by molar-refractivity contribution is -0.384. The fourth-order valence-corrected chi connectivity index (χ4v) is 3.91. The quantitative estimate of drug-likeness (QED) is 0.225. The molecule has 8 heteroatoms. The SMILES string of the molecule is Cc1[nH]cnc1-c1ccc(NC(=C2C(=O)Nc3ccc([N+](=O)[O-])cc32)c2ccccc2)cc1. The Hall–Kier alpha value is -4.72. The van der Waals surface area contributed by atoms with Gasteiger partial charge in [-0.25, -0.2) is 4.98 Å². The molecule has 4 aromatic rings. The second-order valence-electron chi connectivity index (χ2n) is 7.64. The maximum atomic E-state index is 13.0. The fraction of sp³-hybridized carbons (Fsp3) is 0.0400. The molecule has 0 bridgehead atoms. The molecular weight excluding hydrogens is 418 g/mol. The minimum Gasteiger partial charge on any atom is -0.354 e. The fourth-order valence-electron chi connectivity index (χ4n) is 3.91. The van der Waals surface area contributed by atoms with Gasteiger partial charge >= 0.3 is 0 Å². The Balaban J connectivity index is 1.61. The van der Waals surface area contributed by atoms with Gasteiger partial charge in [0.2, 0.25) is 0 Å². The normalized spacial score (nSPS) is 13.9. The maximum Gasteiger partial charge on any atom is 0.270 e. The molecule has 1 aliphatic rings. The first-order valence-corrected chi connectivity index (χ1v) is 10.3. The predicted molar refractivity (Wildman–Crippen MR) is 127 cm³/mol. The molecule has 0 radical (unpaired) electrons. The number of hydrogen-bond acceptors (Lipinski definition) is 5. The zero-order chi connectivity index (χ0) is 22.9. The number of aromatic amines is 1. The molecule has 0 fully saturated rings. The lowest BCUT2D eigenvalue weighted by Gasteiger charge is -2.15. The van der Waals surface area contributed by atoms with Crippen molar-refractivity contribution >= 4 is 34.2 Å². The van der Waals surface area contributed by atoms with E-state index in [1.165, 1.54) is 12.1 Å². The van der Waals surface area contributed by atoms with Crippen LogP contribution in [0.4, 0.5) is 17.1 Å².